The number of carbonyl (C=O) groups excluding carboxylic acids is 2. The second-order valence-electron chi connectivity index (χ2n) is 16.0. The predicted molar refractivity (Wildman–Crippen MR) is 208 cm³/mol. The topological polar surface area (TPSA) is 132 Å². The fraction of sp³-hybridized carbons (Fsp3) is 0.405. The lowest BCUT2D eigenvalue weighted by Gasteiger charge is -2.43. The van der Waals surface area contributed by atoms with Crippen LogP contribution in [0.4, 0.5) is 20.7 Å². The number of aromatic nitrogens is 4. The van der Waals surface area contributed by atoms with E-state index in [2.05, 4.69) is 22.1 Å². The minimum Gasteiger partial charge on any atom is -0.444 e. The molecule has 2 atom stereocenters. The quantitative estimate of drug-likeness (QED) is 0.175. The molecule has 3 aliphatic rings. The minimum atomic E-state index is -0.604. The number of nitrogens with zero attached hydrogens (tertiary/aromatic N) is 6. The van der Waals surface area contributed by atoms with Crippen LogP contribution in [0.2, 0.25) is 0 Å². The number of hydrogen-bond donors (Lipinski definition) is 2. The molecule has 2 unspecified atom stereocenters. The van der Waals surface area contributed by atoms with Crippen LogP contribution >= 0.6 is 0 Å². The van der Waals surface area contributed by atoms with Crippen LogP contribution in [0.5, 0.6) is 0 Å². The Balaban J connectivity index is 1.15. The van der Waals surface area contributed by atoms with Gasteiger partial charge >= 0.3 is 6.09 Å². The molecule has 280 valence electrons. The highest BCUT2D eigenvalue weighted by molar-refractivity contribution is 5.85. The Bertz CT molecular complexity index is 2230. The summed E-state index contributed by atoms with van der Waals surface area (Å²) >= 11 is 0. The van der Waals surface area contributed by atoms with E-state index in [9.17, 15) is 9.59 Å². The van der Waals surface area contributed by atoms with Gasteiger partial charge in [0.25, 0.3) is 0 Å². The van der Waals surface area contributed by atoms with E-state index in [1.54, 1.807) is 18.3 Å². The highest BCUT2D eigenvalue weighted by atomic mass is 19.1. The number of alkyl carbamates (subject to hydrolysis) is 1. The van der Waals surface area contributed by atoms with Crippen molar-refractivity contribution in [3.63, 3.8) is 0 Å². The number of anilines is 2. The standard InChI is InChI=1S/C42H47FN8O3/c1-26-25-49(24-19-33(26)50-23-7-12-35(50)52)34-11-5-9-29(36(34)43)31-17-18-32-39(46-31)51(38(47-32)30-10-6-22-45-37(30)44)28-15-13-27(14-16-28)42(20-8-21-42)48-40(53)54-41(2,3)4/h5-6,9-11,13-18,22,26,33H,7-8,12,19-21,23-25H2,1-4H3,(H2,44,45)(H,48,53). The first-order valence-electron chi connectivity index (χ1n) is 19.0. The molecule has 2 aromatic carbocycles. The van der Waals surface area contributed by atoms with Gasteiger partial charge in [-0.25, -0.2) is 24.1 Å². The average molecular weight is 731 g/mol. The number of nitrogen functional groups attached to an aromatic ring is 1. The zero-order chi connectivity index (χ0) is 37.8. The zero-order valence-corrected chi connectivity index (χ0v) is 31.3. The molecule has 5 heterocycles. The molecule has 0 radical (unpaired) electrons. The number of pyridine rings is 2. The SMILES string of the molecule is CC1CN(c2cccc(-c3ccc4nc(-c5cccnc5N)n(-c5ccc(C6(NC(=O)OC(C)(C)C)CCC6)cc5)c4n3)c2F)CCC1N1CCCC1=O. The monoisotopic (exact) mass is 730 g/mol. The summed E-state index contributed by atoms with van der Waals surface area (Å²) in [5.74, 6) is 0.997. The number of rotatable bonds is 7. The third kappa shape index (κ3) is 6.51. The van der Waals surface area contributed by atoms with Gasteiger partial charge in [0.1, 0.15) is 16.9 Å². The highest BCUT2D eigenvalue weighted by Gasteiger charge is 2.41. The lowest BCUT2D eigenvalue weighted by atomic mass is 9.72. The summed E-state index contributed by atoms with van der Waals surface area (Å²) in [6.45, 7) is 9.85. The van der Waals surface area contributed by atoms with Crippen LogP contribution < -0.4 is 16.0 Å². The van der Waals surface area contributed by atoms with E-state index in [1.165, 1.54) is 0 Å². The van der Waals surface area contributed by atoms with E-state index >= 15 is 4.39 Å². The summed E-state index contributed by atoms with van der Waals surface area (Å²) in [5.41, 5.74) is 10.2. The number of benzene rings is 2. The van der Waals surface area contributed by atoms with Gasteiger partial charge in [0.05, 0.1) is 22.5 Å². The number of hydrogen-bond acceptors (Lipinski definition) is 8. The van der Waals surface area contributed by atoms with Crippen LogP contribution in [0.1, 0.15) is 71.8 Å². The minimum absolute atomic E-state index is 0.185. The van der Waals surface area contributed by atoms with Crippen molar-refractivity contribution in [3.05, 3.63) is 84.3 Å². The van der Waals surface area contributed by atoms with E-state index in [0.717, 1.165) is 49.9 Å². The fourth-order valence-electron chi connectivity index (χ4n) is 8.38. The van der Waals surface area contributed by atoms with Crippen molar-refractivity contribution in [3.8, 4) is 28.3 Å². The normalized spacial score (nSPS) is 19.9. The molecule has 0 bridgehead atoms. The molecule has 5 aromatic rings. The second-order valence-corrected chi connectivity index (χ2v) is 16.0. The maximum atomic E-state index is 16.6. The molecule has 1 aliphatic carbocycles. The third-order valence-electron chi connectivity index (χ3n) is 11.2. The van der Waals surface area contributed by atoms with Gasteiger partial charge in [0.2, 0.25) is 5.91 Å². The number of carbonyl (C=O) groups is 2. The predicted octanol–water partition coefficient (Wildman–Crippen LogP) is 7.61. The molecular formula is C42H47FN8O3. The van der Waals surface area contributed by atoms with Gasteiger partial charge < -0.3 is 25.6 Å². The first-order valence-corrected chi connectivity index (χ1v) is 19.0. The third-order valence-corrected chi connectivity index (χ3v) is 11.2. The van der Waals surface area contributed by atoms with Crippen LogP contribution in [0.25, 0.3) is 39.5 Å². The molecule has 2 amide bonds. The van der Waals surface area contributed by atoms with Crippen molar-refractivity contribution in [1.29, 1.82) is 0 Å². The van der Waals surface area contributed by atoms with E-state index in [0.29, 0.717) is 64.8 Å². The number of fused-ring (bicyclic) bond motifs is 1. The zero-order valence-electron chi connectivity index (χ0n) is 31.3. The molecule has 3 N–H and O–H groups in total. The van der Waals surface area contributed by atoms with Crippen molar-refractivity contribution >= 4 is 34.7 Å². The lowest BCUT2D eigenvalue weighted by Crippen LogP contribution is -2.52. The molecule has 8 rings (SSSR count). The molecule has 0 spiro atoms. The Hall–Kier alpha value is -5.52. The number of amides is 2. The van der Waals surface area contributed by atoms with Crippen molar-refractivity contribution in [2.75, 3.05) is 30.3 Å². The molecule has 2 saturated heterocycles. The first kappa shape index (κ1) is 35.5. The number of ether oxygens (including phenoxy) is 1. The fourth-order valence-corrected chi connectivity index (χ4v) is 8.38. The summed E-state index contributed by atoms with van der Waals surface area (Å²) in [4.78, 5) is 43.8. The summed E-state index contributed by atoms with van der Waals surface area (Å²) < 4.78 is 24.1. The number of nitrogens with two attached hydrogens (primary N) is 1. The molecular weight excluding hydrogens is 684 g/mol. The van der Waals surface area contributed by atoms with Crippen LogP contribution in [0.15, 0.2) is 72.9 Å². The van der Waals surface area contributed by atoms with Gasteiger partial charge in [-0.15, -0.1) is 0 Å². The molecule has 54 heavy (non-hydrogen) atoms. The van der Waals surface area contributed by atoms with Gasteiger partial charge in [-0.1, -0.05) is 25.1 Å². The summed E-state index contributed by atoms with van der Waals surface area (Å²) in [6.07, 6.45) is 6.14. The van der Waals surface area contributed by atoms with E-state index in [1.807, 2.05) is 84.8 Å². The first-order chi connectivity index (χ1) is 25.9. The van der Waals surface area contributed by atoms with E-state index in [4.69, 9.17) is 20.4 Å². The number of halogens is 1. The molecule has 3 aromatic heterocycles. The molecule has 1 saturated carbocycles. The van der Waals surface area contributed by atoms with E-state index < -0.39 is 17.2 Å². The van der Waals surface area contributed by atoms with Gasteiger partial charge in [-0.2, -0.15) is 0 Å². The number of imidazole rings is 1. The largest absolute Gasteiger partial charge is 0.444 e. The van der Waals surface area contributed by atoms with Crippen LogP contribution in [-0.2, 0) is 15.1 Å². The molecule has 12 heteroatoms. The number of likely N-dealkylation sites (tertiary alicyclic amines) is 1. The lowest BCUT2D eigenvalue weighted by molar-refractivity contribution is -0.130. The van der Waals surface area contributed by atoms with Gasteiger partial charge in [-0.05, 0) is 113 Å². The maximum Gasteiger partial charge on any atom is 0.408 e. The Labute approximate surface area is 314 Å². The molecule has 2 aliphatic heterocycles. The summed E-state index contributed by atoms with van der Waals surface area (Å²) in [5, 5.41) is 3.14. The highest BCUT2D eigenvalue weighted by Crippen LogP contribution is 2.42. The molecule has 3 fully saturated rings. The Kier molecular flexibility index (Phi) is 9.02. The summed E-state index contributed by atoms with van der Waals surface area (Å²) in [7, 11) is 0. The summed E-state index contributed by atoms with van der Waals surface area (Å²) in [6, 6.07) is 21.0. The van der Waals surface area contributed by atoms with Gasteiger partial charge in [0, 0.05) is 49.5 Å². The van der Waals surface area contributed by atoms with Crippen molar-refractivity contribution < 1.29 is 18.7 Å². The van der Waals surface area contributed by atoms with Gasteiger partial charge in [-0.3, -0.25) is 9.36 Å². The van der Waals surface area contributed by atoms with Gasteiger partial charge in [0.15, 0.2) is 17.3 Å². The van der Waals surface area contributed by atoms with Crippen molar-refractivity contribution in [1.82, 2.24) is 29.7 Å². The maximum absolute atomic E-state index is 16.6. The van der Waals surface area contributed by atoms with Crippen LogP contribution in [0, 0.1) is 11.7 Å². The van der Waals surface area contributed by atoms with Crippen molar-refractivity contribution in [2.24, 2.45) is 5.92 Å². The van der Waals surface area contributed by atoms with Crippen LogP contribution in [0.3, 0.4) is 0 Å². The average Bonchev–Trinajstić information content (AvgIpc) is 3.72. The Morgan fingerprint density at radius 2 is 1.76 bits per heavy atom. The molecule has 11 nitrogen and oxygen atoms in total. The van der Waals surface area contributed by atoms with Crippen molar-refractivity contribution in [2.45, 2.75) is 83.4 Å². The van der Waals surface area contributed by atoms with Crippen LogP contribution in [-0.4, -0.2) is 67.7 Å². The Morgan fingerprint density at radius 1 is 0.981 bits per heavy atom. The smallest absolute Gasteiger partial charge is 0.408 e. The number of nitrogens with one attached hydrogen (secondary N) is 1. The second kappa shape index (κ2) is 13.7. The van der Waals surface area contributed by atoms with E-state index in [-0.39, 0.29) is 23.7 Å². The number of piperidine rings is 1. The Morgan fingerprint density at radius 3 is 2.43 bits per heavy atom.